The minimum atomic E-state index is -3.80. The lowest BCUT2D eigenvalue weighted by Gasteiger charge is -2.29. The lowest BCUT2D eigenvalue weighted by atomic mass is 10.1. The largest absolute Gasteiger partial charge is 0.495 e. The van der Waals surface area contributed by atoms with E-state index in [0.717, 1.165) is 21.3 Å². The highest BCUT2D eigenvalue weighted by Gasteiger charge is 2.31. The topological polar surface area (TPSA) is 75.7 Å². The van der Waals surface area contributed by atoms with E-state index in [1.54, 1.807) is 18.2 Å². The summed E-state index contributed by atoms with van der Waals surface area (Å²) in [5.74, 6) is -0.182. The van der Waals surface area contributed by atoms with Gasteiger partial charge in [0.05, 0.1) is 19.1 Å². The van der Waals surface area contributed by atoms with Crippen LogP contribution in [-0.4, -0.2) is 33.7 Å². The van der Waals surface area contributed by atoms with Crippen LogP contribution in [0.5, 0.6) is 5.75 Å². The molecular weight excluding hydrogens is 412 g/mol. The summed E-state index contributed by atoms with van der Waals surface area (Å²) in [7, 11) is -2.38. The first-order valence-electron chi connectivity index (χ1n) is 8.83. The third kappa shape index (κ3) is 4.63. The number of methoxy groups -OCH3 is 1. The van der Waals surface area contributed by atoms with Gasteiger partial charge in [0.15, 0.2) is 0 Å². The first kappa shape index (κ1) is 21.0. The lowest BCUT2D eigenvalue weighted by Crippen LogP contribution is -2.45. The standard InChI is InChI=1S/C21H21ClN2O4S/c1-14(21(25)23-18-10-8-15-6-4-5-7-16(15)12-18)24(29(3,26)27)19-13-17(22)9-11-20(19)28-2/h4-14H,1-3H3,(H,23,25)/t14-/m0/s1. The smallest absolute Gasteiger partial charge is 0.247 e. The maximum absolute atomic E-state index is 12.9. The molecule has 0 radical (unpaired) electrons. The van der Waals surface area contributed by atoms with Crippen LogP contribution in [0.3, 0.4) is 0 Å². The zero-order valence-corrected chi connectivity index (χ0v) is 17.8. The van der Waals surface area contributed by atoms with Gasteiger partial charge in [-0.25, -0.2) is 8.42 Å². The molecule has 0 aliphatic rings. The number of carbonyl (C=O) groups is 1. The average Bonchev–Trinajstić information content (AvgIpc) is 2.67. The van der Waals surface area contributed by atoms with Gasteiger partial charge in [0, 0.05) is 10.7 Å². The number of rotatable bonds is 6. The SMILES string of the molecule is COc1ccc(Cl)cc1N([C@@H](C)C(=O)Nc1ccc2ccccc2c1)S(C)(=O)=O. The number of halogens is 1. The highest BCUT2D eigenvalue weighted by Crippen LogP contribution is 2.34. The number of ether oxygens (including phenoxy) is 1. The third-order valence-corrected chi connectivity index (χ3v) is 5.95. The van der Waals surface area contributed by atoms with Crippen molar-refractivity contribution in [1.29, 1.82) is 0 Å². The van der Waals surface area contributed by atoms with Crippen LogP contribution in [-0.2, 0) is 14.8 Å². The third-order valence-electron chi connectivity index (χ3n) is 4.48. The molecule has 1 amide bonds. The number of carbonyl (C=O) groups excluding carboxylic acids is 1. The highest BCUT2D eigenvalue weighted by molar-refractivity contribution is 7.92. The average molecular weight is 433 g/mol. The quantitative estimate of drug-likeness (QED) is 0.630. The second kappa shape index (κ2) is 8.31. The minimum absolute atomic E-state index is 0.198. The van der Waals surface area contributed by atoms with E-state index in [-0.39, 0.29) is 5.69 Å². The number of hydrogen-bond acceptors (Lipinski definition) is 4. The first-order valence-corrected chi connectivity index (χ1v) is 11.1. The van der Waals surface area contributed by atoms with Crippen LogP contribution in [0.15, 0.2) is 60.7 Å². The van der Waals surface area contributed by atoms with Crippen molar-refractivity contribution in [2.45, 2.75) is 13.0 Å². The van der Waals surface area contributed by atoms with Crippen molar-refractivity contribution in [3.8, 4) is 5.75 Å². The van der Waals surface area contributed by atoms with Crippen molar-refractivity contribution >= 4 is 49.7 Å². The van der Waals surface area contributed by atoms with E-state index in [4.69, 9.17) is 16.3 Å². The lowest BCUT2D eigenvalue weighted by molar-refractivity contribution is -0.116. The highest BCUT2D eigenvalue weighted by atomic mass is 35.5. The molecule has 3 aromatic rings. The molecule has 152 valence electrons. The van der Waals surface area contributed by atoms with Gasteiger partial charge < -0.3 is 10.1 Å². The Morgan fingerprint density at radius 1 is 1.07 bits per heavy atom. The Labute approximate surface area is 175 Å². The molecule has 0 fully saturated rings. The van der Waals surface area contributed by atoms with Crippen LogP contribution in [0.25, 0.3) is 10.8 Å². The minimum Gasteiger partial charge on any atom is -0.495 e. The zero-order valence-electron chi connectivity index (χ0n) is 16.2. The summed E-state index contributed by atoms with van der Waals surface area (Å²) in [5.41, 5.74) is 0.774. The van der Waals surface area contributed by atoms with Gasteiger partial charge in [0.25, 0.3) is 0 Å². The van der Waals surface area contributed by atoms with E-state index in [9.17, 15) is 13.2 Å². The fourth-order valence-electron chi connectivity index (χ4n) is 3.13. The number of sulfonamides is 1. The van der Waals surface area contributed by atoms with Crippen molar-refractivity contribution < 1.29 is 17.9 Å². The van der Waals surface area contributed by atoms with Crippen molar-refractivity contribution in [2.75, 3.05) is 23.0 Å². The predicted octanol–water partition coefficient (Wildman–Crippen LogP) is 4.30. The number of benzene rings is 3. The molecule has 0 aliphatic heterocycles. The number of nitrogens with one attached hydrogen (secondary N) is 1. The monoisotopic (exact) mass is 432 g/mol. The first-order chi connectivity index (χ1) is 13.7. The van der Waals surface area contributed by atoms with Crippen LogP contribution in [0.4, 0.5) is 11.4 Å². The molecule has 1 N–H and O–H groups in total. The summed E-state index contributed by atoms with van der Waals surface area (Å²) in [6.07, 6.45) is 1.03. The molecule has 0 saturated heterocycles. The molecule has 6 nitrogen and oxygen atoms in total. The fraction of sp³-hybridized carbons (Fsp3) is 0.190. The molecule has 0 unspecified atom stereocenters. The summed E-state index contributed by atoms with van der Waals surface area (Å²) < 4.78 is 31.3. The van der Waals surface area contributed by atoms with E-state index in [0.29, 0.717) is 16.5 Å². The Bertz CT molecular complexity index is 1160. The van der Waals surface area contributed by atoms with E-state index in [2.05, 4.69) is 5.32 Å². The van der Waals surface area contributed by atoms with Crippen molar-refractivity contribution in [2.24, 2.45) is 0 Å². The van der Waals surface area contributed by atoms with Gasteiger partial charge in [-0.05, 0) is 48.0 Å². The summed E-state index contributed by atoms with van der Waals surface area (Å²) in [6.45, 7) is 1.51. The van der Waals surface area contributed by atoms with Gasteiger partial charge in [-0.15, -0.1) is 0 Å². The number of hydrogen-bond donors (Lipinski definition) is 1. The molecule has 29 heavy (non-hydrogen) atoms. The molecule has 8 heteroatoms. The van der Waals surface area contributed by atoms with Crippen molar-refractivity contribution in [3.63, 3.8) is 0 Å². The maximum Gasteiger partial charge on any atom is 0.247 e. The molecule has 0 saturated carbocycles. The van der Waals surface area contributed by atoms with Crippen LogP contribution in [0.2, 0.25) is 5.02 Å². The number of amides is 1. The summed E-state index contributed by atoms with van der Waals surface area (Å²) >= 11 is 6.06. The van der Waals surface area contributed by atoms with Crippen LogP contribution >= 0.6 is 11.6 Å². The van der Waals surface area contributed by atoms with Gasteiger partial charge in [0.1, 0.15) is 11.8 Å². The Morgan fingerprint density at radius 2 is 1.76 bits per heavy atom. The molecular formula is C21H21ClN2O4S. The van der Waals surface area contributed by atoms with E-state index >= 15 is 0 Å². The van der Waals surface area contributed by atoms with Gasteiger partial charge in [0.2, 0.25) is 15.9 Å². The van der Waals surface area contributed by atoms with Crippen LogP contribution < -0.4 is 14.4 Å². The fourth-order valence-corrected chi connectivity index (χ4v) is 4.47. The Morgan fingerprint density at radius 3 is 2.41 bits per heavy atom. The summed E-state index contributed by atoms with van der Waals surface area (Å²) in [4.78, 5) is 12.9. The second-order valence-corrected chi connectivity index (χ2v) is 8.90. The van der Waals surface area contributed by atoms with Crippen LogP contribution in [0.1, 0.15) is 6.92 Å². The molecule has 3 rings (SSSR count). The van der Waals surface area contributed by atoms with E-state index in [1.807, 2.05) is 36.4 Å². The van der Waals surface area contributed by atoms with Crippen molar-refractivity contribution in [1.82, 2.24) is 0 Å². The predicted molar refractivity (Wildman–Crippen MR) is 117 cm³/mol. The summed E-state index contributed by atoms with van der Waals surface area (Å²) in [6, 6.07) is 16.8. The Hall–Kier alpha value is -2.77. The normalized spacial score (nSPS) is 12.4. The second-order valence-electron chi connectivity index (χ2n) is 6.60. The molecule has 1 atom stereocenters. The van der Waals surface area contributed by atoms with Gasteiger partial charge in [-0.2, -0.15) is 0 Å². The van der Waals surface area contributed by atoms with Gasteiger partial charge in [-0.1, -0.05) is 41.9 Å². The molecule has 0 aliphatic carbocycles. The molecule has 0 heterocycles. The summed E-state index contributed by atoms with van der Waals surface area (Å²) in [5, 5.41) is 5.13. The van der Waals surface area contributed by atoms with Crippen molar-refractivity contribution in [3.05, 3.63) is 65.7 Å². The molecule has 0 spiro atoms. The zero-order chi connectivity index (χ0) is 21.2. The number of anilines is 2. The van der Waals surface area contributed by atoms with Gasteiger partial charge >= 0.3 is 0 Å². The van der Waals surface area contributed by atoms with E-state index in [1.165, 1.54) is 20.1 Å². The van der Waals surface area contributed by atoms with Crippen LogP contribution in [0, 0.1) is 0 Å². The number of nitrogens with zero attached hydrogens (tertiary/aromatic N) is 1. The maximum atomic E-state index is 12.9. The van der Waals surface area contributed by atoms with Gasteiger partial charge in [-0.3, -0.25) is 9.10 Å². The Kier molecular flexibility index (Phi) is 6.00. The Balaban J connectivity index is 1.94. The molecule has 0 bridgehead atoms. The molecule has 3 aromatic carbocycles. The number of fused-ring (bicyclic) bond motifs is 1. The van der Waals surface area contributed by atoms with E-state index < -0.39 is 22.0 Å². The molecule has 0 aromatic heterocycles.